The van der Waals surface area contributed by atoms with Gasteiger partial charge in [-0.05, 0) is 56.0 Å². The number of fused-ring (bicyclic) bond motifs is 1. The molecule has 8 nitrogen and oxygen atoms in total. The average Bonchev–Trinajstić information content (AvgIpc) is 2.95. The summed E-state index contributed by atoms with van der Waals surface area (Å²) in [4.78, 5) is 24.8. The van der Waals surface area contributed by atoms with Crippen LogP contribution in [-0.2, 0) is 21.4 Å². The minimum Gasteiger partial charge on any atom is -0.408 e. The maximum absolute atomic E-state index is 13.2. The van der Waals surface area contributed by atoms with Crippen molar-refractivity contribution in [3.63, 3.8) is 0 Å². The molecule has 3 aromatic rings. The zero-order valence-corrected chi connectivity index (χ0v) is 19.6. The number of anilines is 1. The van der Waals surface area contributed by atoms with E-state index >= 15 is 0 Å². The third-order valence-electron chi connectivity index (χ3n) is 6.01. The second-order valence-corrected chi connectivity index (χ2v) is 10.3. The monoisotopic (exact) mass is 471 g/mol. The van der Waals surface area contributed by atoms with E-state index in [2.05, 4.69) is 5.32 Å². The number of amides is 1. The Bertz CT molecular complexity index is 1300. The molecule has 1 fully saturated rings. The number of sulfonamides is 1. The lowest BCUT2D eigenvalue weighted by atomic mass is 10.2. The summed E-state index contributed by atoms with van der Waals surface area (Å²) >= 11 is 0. The first-order chi connectivity index (χ1) is 15.9. The van der Waals surface area contributed by atoms with Gasteiger partial charge in [-0.3, -0.25) is 9.36 Å². The van der Waals surface area contributed by atoms with Gasteiger partial charge in [0.2, 0.25) is 15.9 Å². The first-order valence-corrected chi connectivity index (χ1v) is 12.8. The third-order valence-corrected chi connectivity index (χ3v) is 8.05. The molecule has 1 aromatic heterocycles. The van der Waals surface area contributed by atoms with Crippen molar-refractivity contribution in [3.8, 4) is 0 Å². The van der Waals surface area contributed by atoms with Crippen molar-refractivity contribution < 1.29 is 17.6 Å². The molecule has 0 spiro atoms. The van der Waals surface area contributed by atoms with Crippen molar-refractivity contribution in [3.05, 3.63) is 58.6 Å². The largest absolute Gasteiger partial charge is 0.419 e. The van der Waals surface area contributed by atoms with Crippen LogP contribution in [0, 0.1) is 6.92 Å². The molecule has 1 aliphatic heterocycles. The third kappa shape index (κ3) is 5.20. The maximum atomic E-state index is 13.2. The summed E-state index contributed by atoms with van der Waals surface area (Å²) in [5.74, 6) is -0.684. The van der Waals surface area contributed by atoms with Crippen molar-refractivity contribution in [1.29, 1.82) is 0 Å². The standard InChI is InChI=1S/C24H29N3O5S/c1-18-12-13-19(17-22(18)33(30,31)26-14-6-2-3-7-15-26)25-23(28)11-8-16-27-20-9-4-5-10-21(20)32-24(27)29/h4-5,9-10,12-13,17H,2-3,6-8,11,14-16H2,1H3,(H,25,28). The first kappa shape index (κ1) is 23.3. The summed E-state index contributed by atoms with van der Waals surface area (Å²) in [5.41, 5.74) is 2.32. The van der Waals surface area contributed by atoms with Crippen LogP contribution in [0.3, 0.4) is 0 Å². The zero-order chi connectivity index (χ0) is 23.4. The van der Waals surface area contributed by atoms with Crippen molar-refractivity contribution in [1.82, 2.24) is 8.87 Å². The predicted octanol–water partition coefficient (Wildman–Crippen LogP) is 3.89. The highest BCUT2D eigenvalue weighted by molar-refractivity contribution is 7.89. The van der Waals surface area contributed by atoms with E-state index in [4.69, 9.17) is 4.42 Å². The van der Waals surface area contributed by atoms with E-state index in [1.165, 1.54) is 4.57 Å². The van der Waals surface area contributed by atoms with E-state index in [1.807, 2.05) is 6.07 Å². The number of aryl methyl sites for hydroxylation is 2. The van der Waals surface area contributed by atoms with Gasteiger partial charge in [-0.2, -0.15) is 4.31 Å². The molecular weight excluding hydrogens is 442 g/mol. The smallest absolute Gasteiger partial charge is 0.408 e. The van der Waals surface area contributed by atoms with E-state index in [-0.39, 0.29) is 17.2 Å². The predicted molar refractivity (Wildman–Crippen MR) is 127 cm³/mol. The first-order valence-electron chi connectivity index (χ1n) is 11.4. The molecule has 33 heavy (non-hydrogen) atoms. The number of aromatic nitrogens is 1. The summed E-state index contributed by atoms with van der Waals surface area (Å²) in [6.45, 7) is 3.18. The lowest BCUT2D eigenvalue weighted by Gasteiger charge is -2.21. The molecule has 1 N–H and O–H groups in total. The fraction of sp³-hybridized carbons (Fsp3) is 0.417. The highest BCUT2D eigenvalue weighted by Crippen LogP contribution is 2.26. The van der Waals surface area contributed by atoms with Crippen molar-refractivity contribution >= 4 is 32.7 Å². The highest BCUT2D eigenvalue weighted by Gasteiger charge is 2.27. The highest BCUT2D eigenvalue weighted by atomic mass is 32.2. The second kappa shape index (κ2) is 9.93. The van der Waals surface area contributed by atoms with Gasteiger partial charge in [-0.25, -0.2) is 13.2 Å². The fourth-order valence-electron chi connectivity index (χ4n) is 4.22. The second-order valence-electron chi connectivity index (χ2n) is 8.44. The van der Waals surface area contributed by atoms with Crippen molar-refractivity contribution in [2.75, 3.05) is 18.4 Å². The minimum absolute atomic E-state index is 0.189. The number of carbonyl (C=O) groups is 1. The van der Waals surface area contributed by atoms with Crippen LogP contribution in [0.15, 0.2) is 56.6 Å². The number of hydrogen-bond acceptors (Lipinski definition) is 5. The van der Waals surface area contributed by atoms with Gasteiger partial charge in [0.25, 0.3) is 0 Å². The van der Waals surface area contributed by atoms with Crippen LogP contribution in [0.25, 0.3) is 11.1 Å². The quantitative estimate of drug-likeness (QED) is 0.563. The van der Waals surface area contributed by atoms with Gasteiger partial charge in [0.15, 0.2) is 5.58 Å². The molecule has 0 radical (unpaired) electrons. The molecule has 0 unspecified atom stereocenters. The van der Waals surface area contributed by atoms with Gasteiger partial charge in [0.05, 0.1) is 10.4 Å². The van der Waals surface area contributed by atoms with Crippen LogP contribution < -0.4 is 11.1 Å². The summed E-state index contributed by atoms with van der Waals surface area (Å²) in [5, 5.41) is 2.80. The Morgan fingerprint density at radius 2 is 1.79 bits per heavy atom. The van der Waals surface area contributed by atoms with Gasteiger partial charge < -0.3 is 9.73 Å². The topological polar surface area (TPSA) is 102 Å². The number of carbonyl (C=O) groups excluding carboxylic acids is 1. The molecule has 2 heterocycles. The number of benzene rings is 2. The van der Waals surface area contributed by atoms with E-state index in [0.29, 0.717) is 48.4 Å². The summed E-state index contributed by atoms with van der Waals surface area (Å²) in [6, 6.07) is 12.1. The molecule has 2 aromatic carbocycles. The summed E-state index contributed by atoms with van der Waals surface area (Å²) < 4.78 is 34.7. The number of para-hydroxylation sites is 2. The van der Waals surface area contributed by atoms with Crippen LogP contribution in [0.5, 0.6) is 0 Å². The average molecular weight is 472 g/mol. The number of rotatable bonds is 7. The molecule has 176 valence electrons. The lowest BCUT2D eigenvalue weighted by molar-refractivity contribution is -0.116. The van der Waals surface area contributed by atoms with E-state index < -0.39 is 15.8 Å². The number of oxazole rings is 1. The number of hydrogen-bond donors (Lipinski definition) is 1. The van der Waals surface area contributed by atoms with Crippen molar-refractivity contribution in [2.24, 2.45) is 0 Å². The zero-order valence-electron chi connectivity index (χ0n) is 18.7. The SMILES string of the molecule is Cc1ccc(NC(=O)CCCn2c(=O)oc3ccccc32)cc1S(=O)(=O)N1CCCCCC1. The summed E-state index contributed by atoms with van der Waals surface area (Å²) in [6.07, 6.45) is 4.45. The number of nitrogens with one attached hydrogen (secondary N) is 1. The minimum atomic E-state index is -3.61. The number of nitrogens with zero attached hydrogens (tertiary/aromatic N) is 2. The Morgan fingerprint density at radius 3 is 2.55 bits per heavy atom. The molecule has 1 amide bonds. The van der Waals surface area contributed by atoms with Gasteiger partial charge in [0.1, 0.15) is 0 Å². The molecule has 0 bridgehead atoms. The van der Waals surface area contributed by atoms with Gasteiger partial charge in [-0.15, -0.1) is 0 Å². The molecule has 4 rings (SSSR count). The Balaban J connectivity index is 1.41. The van der Waals surface area contributed by atoms with E-state index in [1.54, 1.807) is 47.6 Å². The Labute approximate surface area is 193 Å². The molecule has 1 aliphatic rings. The van der Waals surface area contributed by atoms with Crippen LogP contribution >= 0.6 is 0 Å². The Kier molecular flexibility index (Phi) is 6.99. The van der Waals surface area contributed by atoms with Gasteiger partial charge >= 0.3 is 5.76 Å². The van der Waals surface area contributed by atoms with Crippen LogP contribution in [-0.4, -0.2) is 36.3 Å². The fourth-order valence-corrected chi connectivity index (χ4v) is 5.99. The normalized spacial score (nSPS) is 15.4. The van der Waals surface area contributed by atoms with Crippen molar-refractivity contribution in [2.45, 2.75) is 56.9 Å². The van der Waals surface area contributed by atoms with Crippen LogP contribution in [0.4, 0.5) is 5.69 Å². The molecular formula is C24H29N3O5S. The van der Waals surface area contributed by atoms with E-state index in [0.717, 1.165) is 25.7 Å². The molecule has 0 atom stereocenters. The Morgan fingerprint density at radius 1 is 1.06 bits per heavy atom. The van der Waals surface area contributed by atoms with Gasteiger partial charge in [-0.1, -0.05) is 31.0 Å². The van der Waals surface area contributed by atoms with Gasteiger partial charge in [0, 0.05) is 31.7 Å². The molecule has 9 heteroatoms. The molecule has 0 saturated carbocycles. The Hall–Kier alpha value is -2.91. The molecule has 0 aliphatic carbocycles. The maximum Gasteiger partial charge on any atom is 0.419 e. The summed E-state index contributed by atoms with van der Waals surface area (Å²) in [7, 11) is -3.61. The van der Waals surface area contributed by atoms with E-state index in [9.17, 15) is 18.0 Å². The van der Waals surface area contributed by atoms with Crippen LogP contribution in [0.1, 0.15) is 44.1 Å². The lowest BCUT2D eigenvalue weighted by Crippen LogP contribution is -2.32. The van der Waals surface area contributed by atoms with Crippen LogP contribution in [0.2, 0.25) is 0 Å². The molecule has 1 saturated heterocycles.